The number of benzene rings is 2. The molecule has 236 valence electrons. The molecule has 2 aromatic carbocycles. The molecular formula is C34H41ClN2O7. The Labute approximate surface area is 264 Å². The predicted molar refractivity (Wildman–Crippen MR) is 169 cm³/mol. The van der Waals surface area contributed by atoms with Gasteiger partial charge in [0.2, 0.25) is 11.8 Å². The Hall–Kier alpha value is -4.11. The monoisotopic (exact) mass is 624 g/mol. The van der Waals surface area contributed by atoms with Crippen LogP contribution in [0.4, 0.5) is 0 Å². The molecule has 0 aromatic heterocycles. The number of esters is 2. The zero-order valence-corrected chi connectivity index (χ0v) is 26.3. The Morgan fingerprint density at radius 3 is 2.48 bits per heavy atom. The summed E-state index contributed by atoms with van der Waals surface area (Å²) in [4.78, 5) is 52.0. The molecule has 0 bridgehead atoms. The lowest BCUT2D eigenvalue weighted by Crippen LogP contribution is -2.48. The van der Waals surface area contributed by atoms with Crippen molar-refractivity contribution in [2.45, 2.75) is 64.7 Å². The van der Waals surface area contributed by atoms with Crippen LogP contribution in [0.3, 0.4) is 0 Å². The number of rotatable bonds is 8. The molecule has 0 spiro atoms. The SMILES string of the molecule is COc1ccc(CC2NC(=O)/C=C/CC([C@H](C)/C=C/c3ccccc3)OC(=O)[C@H](CC(C)C)OC(=O)CCNC2=O)cc1Cl. The topological polar surface area (TPSA) is 120 Å². The van der Waals surface area contributed by atoms with Gasteiger partial charge in [-0.1, -0.05) is 87.0 Å². The smallest absolute Gasteiger partial charge is 0.347 e. The number of carbonyl (C=O) groups is 4. The van der Waals surface area contributed by atoms with E-state index in [-0.39, 0.29) is 44.1 Å². The minimum atomic E-state index is -1.10. The molecule has 10 heteroatoms. The number of amides is 2. The minimum absolute atomic E-state index is 0.0450. The number of methoxy groups -OCH3 is 1. The number of halogens is 1. The zero-order valence-electron chi connectivity index (χ0n) is 25.6. The Morgan fingerprint density at radius 1 is 1.05 bits per heavy atom. The van der Waals surface area contributed by atoms with E-state index in [1.165, 1.54) is 13.2 Å². The summed E-state index contributed by atoms with van der Waals surface area (Å²) >= 11 is 6.27. The van der Waals surface area contributed by atoms with Gasteiger partial charge in [-0.2, -0.15) is 0 Å². The van der Waals surface area contributed by atoms with Crippen molar-refractivity contribution in [3.05, 3.63) is 82.9 Å². The average Bonchev–Trinajstić information content (AvgIpc) is 2.98. The summed E-state index contributed by atoms with van der Waals surface area (Å²) in [6.07, 6.45) is 5.54. The Kier molecular flexibility index (Phi) is 13.5. The maximum absolute atomic E-state index is 13.3. The van der Waals surface area contributed by atoms with E-state index in [4.69, 9.17) is 25.8 Å². The van der Waals surface area contributed by atoms with Gasteiger partial charge in [-0.15, -0.1) is 0 Å². The molecule has 2 N–H and O–H groups in total. The number of cyclic esters (lactones) is 2. The van der Waals surface area contributed by atoms with Crippen molar-refractivity contribution >= 4 is 41.4 Å². The van der Waals surface area contributed by atoms with Crippen LogP contribution in [0.5, 0.6) is 5.75 Å². The van der Waals surface area contributed by atoms with Gasteiger partial charge in [0.1, 0.15) is 17.9 Å². The zero-order chi connectivity index (χ0) is 32.1. The third-order valence-electron chi connectivity index (χ3n) is 7.02. The van der Waals surface area contributed by atoms with Gasteiger partial charge in [0.15, 0.2) is 6.10 Å². The quantitative estimate of drug-likeness (QED) is 0.394. The third-order valence-corrected chi connectivity index (χ3v) is 7.32. The largest absolute Gasteiger partial charge is 0.495 e. The van der Waals surface area contributed by atoms with Gasteiger partial charge in [-0.05, 0) is 41.7 Å². The molecule has 0 saturated heterocycles. The van der Waals surface area contributed by atoms with Crippen molar-refractivity contribution in [1.29, 1.82) is 0 Å². The maximum Gasteiger partial charge on any atom is 0.347 e. The molecule has 0 aliphatic carbocycles. The van der Waals surface area contributed by atoms with Crippen LogP contribution in [-0.2, 0) is 35.1 Å². The third kappa shape index (κ3) is 11.2. The number of ether oxygens (including phenoxy) is 3. The van der Waals surface area contributed by atoms with E-state index in [1.807, 2.05) is 63.3 Å². The minimum Gasteiger partial charge on any atom is -0.495 e. The number of nitrogens with one attached hydrogen (secondary N) is 2. The summed E-state index contributed by atoms with van der Waals surface area (Å²) in [6, 6.07) is 13.9. The summed E-state index contributed by atoms with van der Waals surface area (Å²) in [5.41, 5.74) is 1.69. The van der Waals surface area contributed by atoms with Crippen molar-refractivity contribution in [1.82, 2.24) is 10.6 Å². The van der Waals surface area contributed by atoms with E-state index in [1.54, 1.807) is 24.3 Å². The Bertz CT molecular complexity index is 1340. The lowest BCUT2D eigenvalue weighted by molar-refractivity contribution is -0.173. The summed E-state index contributed by atoms with van der Waals surface area (Å²) < 4.78 is 16.6. The highest BCUT2D eigenvalue weighted by Gasteiger charge is 2.30. The van der Waals surface area contributed by atoms with Gasteiger partial charge in [0, 0.05) is 25.3 Å². The number of carbonyl (C=O) groups excluding carboxylic acids is 4. The second-order valence-corrected chi connectivity index (χ2v) is 11.5. The van der Waals surface area contributed by atoms with E-state index in [9.17, 15) is 19.2 Å². The van der Waals surface area contributed by atoms with E-state index >= 15 is 0 Å². The molecule has 2 amide bonds. The standard InChI is InChI=1S/C34H41ClN2O7/c1-22(2)19-30-34(41)44-28(23(3)13-14-24-9-6-5-7-10-24)11-8-12-31(38)37-27(33(40)36-18-17-32(39)43-30)21-25-15-16-29(42-4)26(35)20-25/h5-10,12-16,20,22-23,27-28,30H,11,17-19,21H2,1-4H3,(H,36,40)(H,37,38)/b12-8+,14-13+/t23-,27?,28?,30+/m1/s1. The van der Waals surface area contributed by atoms with Crippen molar-refractivity contribution in [3.63, 3.8) is 0 Å². The van der Waals surface area contributed by atoms with E-state index in [0.29, 0.717) is 16.3 Å². The molecule has 0 radical (unpaired) electrons. The summed E-state index contributed by atoms with van der Waals surface area (Å²) in [5.74, 6) is -1.96. The highest BCUT2D eigenvalue weighted by molar-refractivity contribution is 6.32. The van der Waals surface area contributed by atoms with Crippen molar-refractivity contribution in [3.8, 4) is 5.75 Å². The second-order valence-electron chi connectivity index (χ2n) is 11.1. The average molecular weight is 625 g/mol. The van der Waals surface area contributed by atoms with Crippen LogP contribution in [0.25, 0.3) is 6.08 Å². The van der Waals surface area contributed by atoms with Crippen molar-refractivity contribution in [2.24, 2.45) is 11.8 Å². The molecule has 1 heterocycles. The molecule has 1 aliphatic rings. The second kappa shape index (κ2) is 17.3. The molecule has 2 aromatic rings. The first kappa shape index (κ1) is 34.4. The summed E-state index contributed by atoms with van der Waals surface area (Å²) in [6.45, 7) is 5.70. The van der Waals surface area contributed by atoms with Gasteiger partial charge >= 0.3 is 11.9 Å². The first-order valence-corrected chi connectivity index (χ1v) is 15.1. The van der Waals surface area contributed by atoms with E-state index in [2.05, 4.69) is 10.6 Å². The van der Waals surface area contributed by atoms with Gasteiger partial charge in [0.05, 0.1) is 18.6 Å². The summed E-state index contributed by atoms with van der Waals surface area (Å²) in [7, 11) is 1.50. The van der Waals surface area contributed by atoms with Gasteiger partial charge < -0.3 is 24.8 Å². The molecule has 9 nitrogen and oxygen atoms in total. The fraction of sp³-hybridized carbons (Fsp3) is 0.412. The summed E-state index contributed by atoms with van der Waals surface area (Å²) in [5, 5.41) is 5.79. The van der Waals surface area contributed by atoms with Gasteiger partial charge in [-0.3, -0.25) is 14.4 Å². The van der Waals surface area contributed by atoms with E-state index < -0.39 is 42.0 Å². The van der Waals surface area contributed by atoms with Crippen LogP contribution in [0.2, 0.25) is 5.02 Å². The molecule has 2 unspecified atom stereocenters. The Balaban J connectivity index is 1.86. The van der Waals surface area contributed by atoms with Crippen LogP contribution < -0.4 is 15.4 Å². The van der Waals surface area contributed by atoms with Crippen LogP contribution in [0.15, 0.2) is 66.8 Å². The number of hydrogen-bond acceptors (Lipinski definition) is 7. The molecular weight excluding hydrogens is 584 g/mol. The van der Waals surface area contributed by atoms with Gasteiger partial charge in [0.25, 0.3) is 0 Å². The maximum atomic E-state index is 13.3. The highest BCUT2D eigenvalue weighted by atomic mass is 35.5. The van der Waals surface area contributed by atoms with Gasteiger partial charge in [-0.25, -0.2) is 4.79 Å². The molecule has 3 rings (SSSR count). The molecule has 1 aliphatic heterocycles. The lowest BCUT2D eigenvalue weighted by atomic mass is 9.99. The molecule has 0 fully saturated rings. The van der Waals surface area contributed by atoms with Crippen LogP contribution in [0.1, 0.15) is 51.2 Å². The fourth-order valence-electron chi connectivity index (χ4n) is 4.61. The van der Waals surface area contributed by atoms with Crippen LogP contribution >= 0.6 is 11.6 Å². The molecule has 0 saturated carbocycles. The fourth-order valence-corrected chi connectivity index (χ4v) is 4.89. The molecule has 4 atom stereocenters. The van der Waals surface area contributed by atoms with Crippen molar-refractivity contribution < 1.29 is 33.4 Å². The highest BCUT2D eigenvalue weighted by Crippen LogP contribution is 2.25. The number of hydrogen-bond donors (Lipinski definition) is 2. The lowest BCUT2D eigenvalue weighted by Gasteiger charge is -2.25. The van der Waals surface area contributed by atoms with Crippen molar-refractivity contribution in [2.75, 3.05) is 13.7 Å². The van der Waals surface area contributed by atoms with Crippen LogP contribution in [0, 0.1) is 11.8 Å². The van der Waals surface area contributed by atoms with Crippen LogP contribution in [-0.4, -0.2) is 55.7 Å². The molecule has 44 heavy (non-hydrogen) atoms. The van der Waals surface area contributed by atoms with E-state index in [0.717, 1.165) is 5.56 Å². The first-order chi connectivity index (χ1) is 21.0. The Morgan fingerprint density at radius 2 is 1.80 bits per heavy atom. The predicted octanol–water partition coefficient (Wildman–Crippen LogP) is 5.06. The first-order valence-electron chi connectivity index (χ1n) is 14.8. The normalized spacial score (nSPS) is 22.1.